The van der Waals surface area contributed by atoms with E-state index in [-0.39, 0.29) is 23.8 Å². The molecule has 0 aliphatic carbocycles. The van der Waals surface area contributed by atoms with E-state index in [4.69, 9.17) is 11.6 Å². The van der Waals surface area contributed by atoms with Crippen molar-refractivity contribution in [3.63, 3.8) is 0 Å². The van der Waals surface area contributed by atoms with Crippen molar-refractivity contribution < 1.29 is 9.59 Å². The minimum absolute atomic E-state index is 0.0107. The molecule has 3 rings (SSSR count). The summed E-state index contributed by atoms with van der Waals surface area (Å²) in [5.41, 5.74) is 0.966. The van der Waals surface area contributed by atoms with Gasteiger partial charge in [-0.3, -0.25) is 9.59 Å². The number of rotatable bonds is 3. The van der Waals surface area contributed by atoms with Crippen molar-refractivity contribution in [1.82, 2.24) is 10.6 Å². The number of benzene rings is 1. The monoisotopic (exact) mass is 307 g/mol. The molecule has 0 saturated carbocycles. The molecule has 2 bridgehead atoms. The summed E-state index contributed by atoms with van der Waals surface area (Å²) in [5, 5.41) is 9.30. The third kappa shape index (κ3) is 2.76. The predicted octanol–water partition coefficient (Wildman–Crippen LogP) is 1.78. The highest BCUT2D eigenvalue weighted by molar-refractivity contribution is 6.34. The second-order valence-corrected chi connectivity index (χ2v) is 6.06. The molecule has 2 amide bonds. The van der Waals surface area contributed by atoms with Crippen LogP contribution in [-0.2, 0) is 4.79 Å². The molecule has 2 aliphatic rings. The Morgan fingerprint density at radius 3 is 2.76 bits per heavy atom. The van der Waals surface area contributed by atoms with Crippen molar-refractivity contribution in [1.29, 1.82) is 0 Å². The van der Waals surface area contributed by atoms with Crippen molar-refractivity contribution in [2.24, 2.45) is 5.92 Å². The minimum Gasteiger partial charge on any atom is -0.355 e. The summed E-state index contributed by atoms with van der Waals surface area (Å²) in [5.74, 6) is -0.238. The zero-order valence-electron chi connectivity index (χ0n) is 11.8. The normalized spacial score (nSPS) is 26.7. The lowest BCUT2D eigenvalue weighted by atomic mass is 9.88. The second-order valence-electron chi connectivity index (χ2n) is 5.65. The number of fused-ring (bicyclic) bond motifs is 2. The molecule has 0 radical (unpaired) electrons. The largest absolute Gasteiger partial charge is 0.355 e. The van der Waals surface area contributed by atoms with Gasteiger partial charge in [0, 0.05) is 24.7 Å². The number of anilines is 1. The number of hydrogen-bond acceptors (Lipinski definition) is 3. The summed E-state index contributed by atoms with van der Waals surface area (Å²) >= 11 is 6.11. The molecule has 0 aromatic heterocycles. The van der Waals surface area contributed by atoms with Crippen LogP contribution in [0.15, 0.2) is 18.2 Å². The Labute approximate surface area is 128 Å². The van der Waals surface area contributed by atoms with Gasteiger partial charge < -0.3 is 16.0 Å². The van der Waals surface area contributed by atoms with Crippen molar-refractivity contribution in [2.45, 2.75) is 31.3 Å². The zero-order valence-corrected chi connectivity index (χ0v) is 12.5. The number of amides is 2. The lowest BCUT2D eigenvalue weighted by molar-refractivity contribution is -0.120. The molecule has 2 heterocycles. The average Bonchev–Trinajstić information content (AvgIpc) is 3.11. The van der Waals surface area contributed by atoms with Crippen LogP contribution in [0, 0.1) is 5.92 Å². The molecule has 1 aromatic rings. The maximum Gasteiger partial charge on any atom is 0.251 e. The van der Waals surface area contributed by atoms with Crippen molar-refractivity contribution in [2.75, 3.05) is 12.4 Å². The third-order valence-corrected chi connectivity index (χ3v) is 4.68. The molecule has 3 atom stereocenters. The van der Waals surface area contributed by atoms with Gasteiger partial charge in [-0.05, 0) is 37.5 Å². The van der Waals surface area contributed by atoms with Gasteiger partial charge in [0.2, 0.25) is 5.91 Å². The highest BCUT2D eigenvalue weighted by Gasteiger charge is 2.42. The summed E-state index contributed by atoms with van der Waals surface area (Å²) in [4.78, 5) is 24.0. The summed E-state index contributed by atoms with van der Waals surface area (Å²) < 4.78 is 0. The van der Waals surface area contributed by atoms with Crippen LogP contribution in [0.2, 0.25) is 5.02 Å². The van der Waals surface area contributed by atoms with Gasteiger partial charge in [0.1, 0.15) is 0 Å². The zero-order chi connectivity index (χ0) is 15.0. The number of hydrogen-bond donors (Lipinski definition) is 3. The first kappa shape index (κ1) is 14.4. The third-order valence-electron chi connectivity index (χ3n) is 4.35. The predicted molar refractivity (Wildman–Crippen MR) is 81.5 cm³/mol. The molecule has 5 nitrogen and oxygen atoms in total. The Kier molecular flexibility index (Phi) is 3.87. The first-order valence-electron chi connectivity index (χ1n) is 7.17. The topological polar surface area (TPSA) is 70.2 Å². The van der Waals surface area contributed by atoms with Crippen LogP contribution < -0.4 is 16.0 Å². The van der Waals surface area contributed by atoms with Crippen LogP contribution in [-0.4, -0.2) is 30.9 Å². The van der Waals surface area contributed by atoms with Gasteiger partial charge in [0.25, 0.3) is 5.91 Å². The van der Waals surface area contributed by atoms with E-state index < -0.39 is 0 Å². The summed E-state index contributed by atoms with van der Waals surface area (Å²) in [6.07, 6.45) is 3.08. The Hall–Kier alpha value is -1.59. The molecule has 21 heavy (non-hydrogen) atoms. The Morgan fingerprint density at radius 2 is 2.14 bits per heavy atom. The number of halogens is 1. The van der Waals surface area contributed by atoms with Crippen LogP contribution in [0.25, 0.3) is 0 Å². The molecular weight excluding hydrogens is 290 g/mol. The van der Waals surface area contributed by atoms with E-state index in [1.807, 2.05) is 0 Å². The second kappa shape index (κ2) is 5.66. The van der Waals surface area contributed by atoms with Crippen LogP contribution in [0.1, 0.15) is 29.6 Å². The van der Waals surface area contributed by atoms with Gasteiger partial charge in [0.05, 0.1) is 16.6 Å². The van der Waals surface area contributed by atoms with Crippen LogP contribution >= 0.6 is 11.6 Å². The van der Waals surface area contributed by atoms with Gasteiger partial charge in [-0.25, -0.2) is 0 Å². The van der Waals surface area contributed by atoms with Crippen molar-refractivity contribution >= 4 is 29.1 Å². The van der Waals surface area contributed by atoms with E-state index in [2.05, 4.69) is 16.0 Å². The number of carbonyl (C=O) groups is 2. The fourth-order valence-corrected chi connectivity index (χ4v) is 3.41. The summed E-state index contributed by atoms with van der Waals surface area (Å²) in [7, 11) is 1.57. The van der Waals surface area contributed by atoms with E-state index in [9.17, 15) is 9.59 Å². The quantitative estimate of drug-likeness (QED) is 0.797. The molecular formula is C15H18ClN3O2. The highest BCUT2D eigenvalue weighted by atomic mass is 35.5. The number of nitrogens with one attached hydrogen (secondary N) is 3. The first-order chi connectivity index (χ1) is 10.1. The number of carbonyl (C=O) groups excluding carboxylic acids is 2. The molecule has 2 aliphatic heterocycles. The van der Waals surface area contributed by atoms with Crippen LogP contribution in [0.5, 0.6) is 0 Å². The standard InChI is InChI=1S/C15H18ClN3O2/c1-17-14(20)8-2-4-11(16)13(6-8)19-15(21)10-7-9-3-5-12(10)18-9/h2,4,6,9-10,12,18H,3,5,7H2,1H3,(H,17,20)(H,19,21). The minimum atomic E-state index is -0.205. The lowest BCUT2D eigenvalue weighted by Gasteiger charge is -2.20. The smallest absolute Gasteiger partial charge is 0.251 e. The first-order valence-corrected chi connectivity index (χ1v) is 7.55. The molecule has 2 fully saturated rings. The molecule has 1 aromatic carbocycles. The molecule has 0 spiro atoms. The molecule has 112 valence electrons. The van der Waals surface area contributed by atoms with Crippen LogP contribution in [0.3, 0.4) is 0 Å². The van der Waals surface area contributed by atoms with Crippen molar-refractivity contribution in [3.05, 3.63) is 28.8 Å². The van der Waals surface area contributed by atoms with E-state index in [1.165, 1.54) is 0 Å². The molecule has 6 heteroatoms. The molecule has 3 N–H and O–H groups in total. The Bertz CT molecular complexity index is 590. The van der Waals surface area contributed by atoms with E-state index >= 15 is 0 Å². The van der Waals surface area contributed by atoms with Gasteiger partial charge in [-0.15, -0.1) is 0 Å². The van der Waals surface area contributed by atoms with Crippen LogP contribution in [0.4, 0.5) is 5.69 Å². The fraction of sp³-hybridized carbons (Fsp3) is 0.467. The maximum atomic E-state index is 12.4. The summed E-state index contributed by atoms with van der Waals surface area (Å²) in [6.45, 7) is 0. The van der Waals surface area contributed by atoms with E-state index in [0.29, 0.717) is 22.3 Å². The van der Waals surface area contributed by atoms with Crippen molar-refractivity contribution in [3.8, 4) is 0 Å². The lowest BCUT2D eigenvalue weighted by Crippen LogP contribution is -2.33. The maximum absolute atomic E-state index is 12.4. The Morgan fingerprint density at radius 1 is 1.33 bits per heavy atom. The van der Waals surface area contributed by atoms with Gasteiger partial charge >= 0.3 is 0 Å². The molecule has 2 saturated heterocycles. The highest BCUT2D eigenvalue weighted by Crippen LogP contribution is 2.34. The van der Waals surface area contributed by atoms with Gasteiger partial charge in [-0.1, -0.05) is 11.6 Å². The van der Waals surface area contributed by atoms with E-state index in [1.54, 1.807) is 25.2 Å². The van der Waals surface area contributed by atoms with Gasteiger partial charge in [0.15, 0.2) is 0 Å². The average molecular weight is 308 g/mol. The SMILES string of the molecule is CNC(=O)c1ccc(Cl)c(NC(=O)C2CC3CCC2N3)c1. The Balaban J connectivity index is 1.75. The fourth-order valence-electron chi connectivity index (χ4n) is 3.25. The van der Waals surface area contributed by atoms with Gasteiger partial charge in [-0.2, -0.15) is 0 Å². The van der Waals surface area contributed by atoms with E-state index in [0.717, 1.165) is 19.3 Å². The summed E-state index contributed by atoms with van der Waals surface area (Å²) in [6, 6.07) is 5.62. The molecule has 3 unspecified atom stereocenters.